The molecule has 2 heterocycles. The molecular weight excluding hydrogens is 497 g/mol. The molecule has 1 unspecified atom stereocenters. The van der Waals surface area contributed by atoms with Crippen LogP contribution in [0.25, 0.3) is 11.0 Å². The zero-order valence-electron chi connectivity index (χ0n) is 22.7. The average Bonchev–Trinajstić information content (AvgIpc) is 3.18. The quantitative estimate of drug-likeness (QED) is 0.221. The predicted octanol–water partition coefficient (Wildman–Crippen LogP) is 6.87. The lowest BCUT2D eigenvalue weighted by Gasteiger charge is -2.26. The first kappa shape index (κ1) is 26.5. The molecule has 7 heteroatoms. The second-order valence-corrected chi connectivity index (χ2v) is 9.94. The van der Waals surface area contributed by atoms with Crippen molar-refractivity contribution in [2.75, 3.05) is 13.2 Å². The number of unbranched alkanes of at least 4 members (excludes halogenated alkanes) is 1. The molecule has 1 aliphatic rings. The summed E-state index contributed by atoms with van der Waals surface area (Å²) in [6.07, 6.45) is 1.92. The van der Waals surface area contributed by atoms with E-state index in [9.17, 15) is 14.0 Å². The van der Waals surface area contributed by atoms with Gasteiger partial charge in [-0.3, -0.25) is 9.59 Å². The summed E-state index contributed by atoms with van der Waals surface area (Å²) in [5.41, 5.74) is 3.63. The van der Waals surface area contributed by atoms with Crippen LogP contribution in [-0.2, 0) is 6.54 Å². The van der Waals surface area contributed by atoms with Crippen LogP contribution in [0.5, 0.6) is 11.5 Å². The van der Waals surface area contributed by atoms with E-state index >= 15 is 0 Å². The Kier molecular flexibility index (Phi) is 7.42. The lowest BCUT2D eigenvalue weighted by Crippen LogP contribution is -2.29. The van der Waals surface area contributed by atoms with Gasteiger partial charge in [0.15, 0.2) is 16.9 Å². The van der Waals surface area contributed by atoms with Gasteiger partial charge < -0.3 is 18.8 Å². The van der Waals surface area contributed by atoms with Crippen molar-refractivity contribution in [2.45, 2.75) is 53.1 Å². The van der Waals surface area contributed by atoms with Crippen molar-refractivity contribution >= 4 is 16.9 Å². The number of nitrogens with zero attached hydrogens (tertiary/aromatic N) is 1. The highest BCUT2D eigenvalue weighted by molar-refractivity contribution is 5.99. The third-order valence-corrected chi connectivity index (χ3v) is 7.00. The van der Waals surface area contributed by atoms with Crippen LogP contribution in [0.1, 0.15) is 71.1 Å². The van der Waals surface area contributed by atoms with Gasteiger partial charge in [-0.05, 0) is 79.8 Å². The van der Waals surface area contributed by atoms with E-state index in [0.717, 1.165) is 29.5 Å². The van der Waals surface area contributed by atoms with Gasteiger partial charge in [0.25, 0.3) is 5.91 Å². The number of carbonyl (C=O) groups excluding carboxylic acids is 1. The Morgan fingerprint density at radius 3 is 2.44 bits per heavy atom. The zero-order valence-corrected chi connectivity index (χ0v) is 22.7. The van der Waals surface area contributed by atoms with Gasteiger partial charge in [-0.2, -0.15) is 0 Å². The fraction of sp³-hybridized carbons (Fsp3) is 0.312. The molecule has 0 bridgehead atoms. The van der Waals surface area contributed by atoms with Gasteiger partial charge >= 0.3 is 0 Å². The maximum atomic E-state index is 14.0. The van der Waals surface area contributed by atoms with Crippen LogP contribution in [0.4, 0.5) is 4.39 Å². The van der Waals surface area contributed by atoms with Gasteiger partial charge in [0.2, 0.25) is 5.76 Å². The van der Waals surface area contributed by atoms with Crippen molar-refractivity contribution in [2.24, 2.45) is 0 Å². The summed E-state index contributed by atoms with van der Waals surface area (Å²) in [4.78, 5) is 29.4. The van der Waals surface area contributed by atoms with Crippen LogP contribution < -0.4 is 14.9 Å². The normalized spacial score (nSPS) is 14.6. The molecule has 1 aliphatic heterocycles. The van der Waals surface area contributed by atoms with Crippen molar-refractivity contribution in [3.05, 3.63) is 104 Å². The third kappa shape index (κ3) is 5.01. The molecule has 0 N–H and O–H groups in total. The Morgan fingerprint density at radius 1 is 0.949 bits per heavy atom. The van der Waals surface area contributed by atoms with E-state index in [2.05, 4.69) is 6.92 Å². The zero-order chi connectivity index (χ0) is 27.7. The lowest BCUT2D eigenvalue weighted by molar-refractivity contribution is 0.0714. The highest BCUT2D eigenvalue weighted by Crippen LogP contribution is 2.42. The number of ether oxygens (including phenoxy) is 2. The number of hydrogen-bond acceptors (Lipinski definition) is 5. The highest BCUT2D eigenvalue weighted by Gasteiger charge is 2.43. The van der Waals surface area contributed by atoms with Crippen molar-refractivity contribution in [1.29, 1.82) is 0 Å². The molecule has 0 saturated carbocycles. The summed E-state index contributed by atoms with van der Waals surface area (Å²) in [6, 6.07) is 14.5. The molecular formula is C32H32FNO5. The number of rotatable bonds is 9. The smallest absolute Gasteiger partial charge is 0.291 e. The number of amides is 1. The molecule has 1 atom stereocenters. The molecule has 0 fully saturated rings. The first-order valence-corrected chi connectivity index (χ1v) is 13.3. The fourth-order valence-electron chi connectivity index (χ4n) is 5.18. The molecule has 0 aliphatic carbocycles. The van der Waals surface area contributed by atoms with Gasteiger partial charge in [-0.15, -0.1) is 0 Å². The van der Waals surface area contributed by atoms with Gasteiger partial charge in [-0.1, -0.05) is 37.6 Å². The van der Waals surface area contributed by atoms with E-state index < -0.39 is 6.04 Å². The third-order valence-electron chi connectivity index (χ3n) is 7.00. The van der Waals surface area contributed by atoms with Crippen LogP contribution in [0.3, 0.4) is 0 Å². The topological polar surface area (TPSA) is 69.0 Å². The van der Waals surface area contributed by atoms with Crippen LogP contribution in [0.15, 0.2) is 63.8 Å². The fourth-order valence-corrected chi connectivity index (χ4v) is 5.18. The molecule has 0 saturated heterocycles. The first-order valence-electron chi connectivity index (χ1n) is 13.3. The lowest BCUT2D eigenvalue weighted by atomic mass is 9.96. The van der Waals surface area contributed by atoms with Crippen LogP contribution in [0.2, 0.25) is 0 Å². The molecule has 3 aromatic carbocycles. The minimum absolute atomic E-state index is 0.0350. The number of hydrogen-bond donors (Lipinski definition) is 0. The summed E-state index contributed by atoms with van der Waals surface area (Å²) in [5, 5.41) is 0.442. The Hall–Kier alpha value is -4.13. The number of halogens is 1. The number of fused-ring (bicyclic) bond motifs is 2. The number of carbonyl (C=O) groups is 1. The molecule has 0 radical (unpaired) electrons. The second-order valence-electron chi connectivity index (χ2n) is 9.94. The summed E-state index contributed by atoms with van der Waals surface area (Å²) in [5.74, 6) is 0.443. The molecule has 1 amide bonds. The monoisotopic (exact) mass is 529 g/mol. The van der Waals surface area contributed by atoms with E-state index in [1.165, 1.54) is 12.1 Å². The SMILES string of the molecule is CCCCOc1ccc(C2c3c(oc4c(C)cc(C)cc4c3=O)C(=O)N2Cc2ccc(F)cc2)cc1OCC. The first-order chi connectivity index (χ1) is 18.8. The van der Waals surface area contributed by atoms with Crippen molar-refractivity contribution in [3.8, 4) is 11.5 Å². The van der Waals surface area contributed by atoms with Crippen LogP contribution in [-0.4, -0.2) is 24.0 Å². The minimum Gasteiger partial charge on any atom is -0.490 e. The van der Waals surface area contributed by atoms with E-state index in [4.69, 9.17) is 13.9 Å². The van der Waals surface area contributed by atoms with Gasteiger partial charge in [0.05, 0.1) is 30.2 Å². The van der Waals surface area contributed by atoms with E-state index in [-0.39, 0.29) is 29.5 Å². The Balaban J connectivity index is 1.68. The van der Waals surface area contributed by atoms with Crippen molar-refractivity contribution in [1.82, 2.24) is 4.90 Å². The molecule has 4 aromatic rings. The highest BCUT2D eigenvalue weighted by atomic mass is 19.1. The van der Waals surface area contributed by atoms with E-state index in [1.54, 1.807) is 23.1 Å². The van der Waals surface area contributed by atoms with Gasteiger partial charge in [-0.25, -0.2) is 4.39 Å². The number of aryl methyl sites for hydroxylation is 2. The average molecular weight is 530 g/mol. The largest absolute Gasteiger partial charge is 0.490 e. The maximum absolute atomic E-state index is 14.0. The standard InChI is InChI=1S/C32H32FNO5/c1-5-7-14-38-25-13-10-22(17-26(25)37-6-2)28-27-29(35)24-16-19(3)15-20(4)30(24)39-31(27)32(36)34(28)18-21-8-11-23(33)12-9-21/h8-13,15-17,28H,5-7,14,18H2,1-4H3. The maximum Gasteiger partial charge on any atom is 0.291 e. The molecule has 0 spiro atoms. The van der Waals surface area contributed by atoms with Crippen molar-refractivity contribution < 1.29 is 23.1 Å². The Morgan fingerprint density at radius 2 is 1.72 bits per heavy atom. The Labute approximate surface area is 227 Å². The molecule has 1 aromatic heterocycles. The summed E-state index contributed by atoms with van der Waals surface area (Å²) in [7, 11) is 0. The molecule has 39 heavy (non-hydrogen) atoms. The Bertz CT molecular complexity index is 1590. The van der Waals surface area contributed by atoms with Crippen LogP contribution in [0, 0.1) is 19.7 Å². The summed E-state index contributed by atoms with van der Waals surface area (Å²) < 4.78 is 31.7. The summed E-state index contributed by atoms with van der Waals surface area (Å²) in [6.45, 7) is 8.93. The summed E-state index contributed by atoms with van der Waals surface area (Å²) >= 11 is 0. The van der Waals surface area contributed by atoms with Crippen molar-refractivity contribution in [3.63, 3.8) is 0 Å². The molecule has 6 nitrogen and oxygen atoms in total. The van der Waals surface area contributed by atoms with E-state index in [0.29, 0.717) is 46.8 Å². The minimum atomic E-state index is -0.720. The molecule has 5 rings (SSSR count). The predicted molar refractivity (Wildman–Crippen MR) is 148 cm³/mol. The number of benzene rings is 3. The van der Waals surface area contributed by atoms with Gasteiger partial charge in [0, 0.05) is 6.54 Å². The van der Waals surface area contributed by atoms with Gasteiger partial charge in [0.1, 0.15) is 11.4 Å². The second kappa shape index (κ2) is 10.9. The van der Waals surface area contributed by atoms with E-state index in [1.807, 2.05) is 45.0 Å². The van der Waals surface area contributed by atoms with Crippen LogP contribution >= 0.6 is 0 Å². The molecule has 202 valence electrons.